The molecule has 0 unspecified atom stereocenters. The van der Waals surface area contributed by atoms with Crippen LogP contribution in [0.5, 0.6) is 0 Å². The third-order valence-corrected chi connectivity index (χ3v) is 3.79. The van der Waals surface area contributed by atoms with Gasteiger partial charge in [0.05, 0.1) is 5.56 Å². The van der Waals surface area contributed by atoms with Crippen LogP contribution in [-0.2, 0) is 16.0 Å². The van der Waals surface area contributed by atoms with E-state index in [1.165, 1.54) is 0 Å². The molecule has 0 heterocycles. The van der Waals surface area contributed by atoms with Gasteiger partial charge in [-0.25, -0.2) is 4.79 Å². The van der Waals surface area contributed by atoms with Gasteiger partial charge in [-0.2, -0.15) is 0 Å². The van der Waals surface area contributed by atoms with Gasteiger partial charge in [0, 0.05) is 31.4 Å². The van der Waals surface area contributed by atoms with Gasteiger partial charge >= 0.3 is 5.97 Å². The molecule has 0 aliphatic rings. The molecular weight excluding hydrogens is 340 g/mol. The molecule has 2 aromatic carbocycles. The van der Waals surface area contributed by atoms with E-state index in [-0.39, 0.29) is 12.5 Å². The lowest BCUT2D eigenvalue weighted by Gasteiger charge is -2.13. The summed E-state index contributed by atoms with van der Waals surface area (Å²) in [7, 11) is 3.77. The molecule has 0 spiro atoms. The fourth-order valence-corrected chi connectivity index (χ4v) is 2.43. The van der Waals surface area contributed by atoms with Gasteiger partial charge in [0.25, 0.3) is 5.91 Å². The van der Waals surface area contributed by atoms with Gasteiger partial charge in [-0.3, -0.25) is 4.79 Å². The smallest absolute Gasteiger partial charge is 0.338 e. The Hall–Kier alpha value is -2.53. The van der Waals surface area contributed by atoms with Crippen LogP contribution in [0.4, 0.5) is 5.69 Å². The number of carbonyl (C=O) groups excluding carboxylic acids is 2. The van der Waals surface area contributed by atoms with Crippen LogP contribution in [0.3, 0.4) is 0 Å². The molecule has 0 radical (unpaired) electrons. The first-order valence-corrected chi connectivity index (χ1v) is 8.29. The van der Waals surface area contributed by atoms with Crippen LogP contribution in [0.25, 0.3) is 0 Å². The second-order valence-electron chi connectivity index (χ2n) is 5.75. The summed E-state index contributed by atoms with van der Waals surface area (Å²) in [5.41, 5.74) is 2.34. The lowest BCUT2D eigenvalue weighted by atomic mass is 10.1. The van der Waals surface area contributed by atoms with Crippen LogP contribution in [0, 0.1) is 0 Å². The summed E-state index contributed by atoms with van der Waals surface area (Å²) >= 11 is 5.91. The molecular formula is C19H21ClN2O3. The second-order valence-corrected chi connectivity index (χ2v) is 6.19. The first-order valence-electron chi connectivity index (χ1n) is 7.91. The van der Waals surface area contributed by atoms with Crippen molar-refractivity contribution in [3.63, 3.8) is 0 Å². The summed E-state index contributed by atoms with van der Waals surface area (Å²) in [6, 6.07) is 14.5. The van der Waals surface area contributed by atoms with E-state index < -0.39 is 5.97 Å². The highest BCUT2D eigenvalue weighted by Crippen LogP contribution is 2.14. The molecule has 25 heavy (non-hydrogen) atoms. The van der Waals surface area contributed by atoms with E-state index >= 15 is 0 Å². The Morgan fingerprint density at radius 1 is 1.12 bits per heavy atom. The SMILES string of the molecule is CN(C)c1cccc(C(=O)OCC(=O)NCCc2cccc(Cl)c2)c1. The summed E-state index contributed by atoms with van der Waals surface area (Å²) < 4.78 is 5.06. The monoisotopic (exact) mass is 360 g/mol. The minimum absolute atomic E-state index is 0.305. The molecule has 0 aliphatic carbocycles. The molecule has 0 bridgehead atoms. The predicted molar refractivity (Wildman–Crippen MR) is 99.2 cm³/mol. The molecule has 0 atom stereocenters. The minimum Gasteiger partial charge on any atom is -0.452 e. The van der Waals surface area contributed by atoms with Crippen molar-refractivity contribution in [2.45, 2.75) is 6.42 Å². The Balaban J connectivity index is 1.76. The number of ether oxygens (including phenoxy) is 1. The van der Waals surface area contributed by atoms with Gasteiger partial charge in [-0.15, -0.1) is 0 Å². The number of hydrogen-bond acceptors (Lipinski definition) is 4. The number of esters is 1. The molecule has 0 fully saturated rings. The maximum atomic E-state index is 12.0. The van der Waals surface area contributed by atoms with Gasteiger partial charge in [0.2, 0.25) is 0 Å². The van der Waals surface area contributed by atoms with Crippen LogP contribution in [0.2, 0.25) is 5.02 Å². The molecule has 0 saturated heterocycles. The summed E-state index contributed by atoms with van der Waals surface area (Å²) in [6.45, 7) is 0.146. The number of halogens is 1. The normalized spacial score (nSPS) is 10.2. The molecule has 0 aromatic heterocycles. The van der Waals surface area contributed by atoms with Crippen molar-refractivity contribution in [2.24, 2.45) is 0 Å². The van der Waals surface area contributed by atoms with Crippen LogP contribution in [0.1, 0.15) is 15.9 Å². The largest absolute Gasteiger partial charge is 0.452 e. The molecule has 0 saturated carbocycles. The van der Waals surface area contributed by atoms with Crippen molar-refractivity contribution < 1.29 is 14.3 Å². The van der Waals surface area contributed by atoms with Crippen LogP contribution in [0.15, 0.2) is 48.5 Å². The van der Waals surface area contributed by atoms with Gasteiger partial charge in [-0.1, -0.05) is 29.8 Å². The van der Waals surface area contributed by atoms with Crippen LogP contribution < -0.4 is 10.2 Å². The average Bonchev–Trinajstić information content (AvgIpc) is 2.60. The number of carbonyl (C=O) groups is 2. The van der Waals surface area contributed by atoms with Crippen molar-refractivity contribution in [1.82, 2.24) is 5.32 Å². The van der Waals surface area contributed by atoms with E-state index in [2.05, 4.69) is 5.32 Å². The Labute approximate surface area is 152 Å². The number of anilines is 1. The van der Waals surface area contributed by atoms with Gasteiger partial charge in [-0.05, 0) is 42.3 Å². The summed E-state index contributed by atoms with van der Waals surface area (Å²) in [6.07, 6.45) is 0.658. The van der Waals surface area contributed by atoms with Gasteiger partial charge in [0.15, 0.2) is 6.61 Å². The van der Waals surface area contributed by atoms with E-state index in [1.807, 2.05) is 43.3 Å². The lowest BCUT2D eigenvalue weighted by molar-refractivity contribution is -0.124. The Bertz CT molecular complexity index is 747. The number of nitrogens with one attached hydrogen (secondary N) is 1. The topological polar surface area (TPSA) is 58.6 Å². The Kier molecular flexibility index (Phi) is 6.83. The third kappa shape index (κ3) is 6.12. The molecule has 6 heteroatoms. The summed E-state index contributed by atoms with van der Waals surface area (Å²) in [4.78, 5) is 25.7. The fraction of sp³-hybridized carbons (Fsp3) is 0.263. The maximum Gasteiger partial charge on any atom is 0.338 e. The predicted octanol–water partition coefficient (Wildman–Crippen LogP) is 2.92. The van der Waals surface area contributed by atoms with Crippen molar-refractivity contribution in [3.8, 4) is 0 Å². The fourth-order valence-electron chi connectivity index (χ4n) is 2.22. The van der Waals surface area contributed by atoms with Crippen molar-refractivity contribution >= 4 is 29.2 Å². The van der Waals surface area contributed by atoms with Gasteiger partial charge < -0.3 is 15.0 Å². The van der Waals surface area contributed by atoms with Gasteiger partial charge in [0.1, 0.15) is 0 Å². The standard InChI is InChI=1S/C19H21ClN2O3/c1-22(2)17-8-4-6-15(12-17)19(24)25-13-18(23)21-10-9-14-5-3-7-16(20)11-14/h3-8,11-12H,9-10,13H2,1-2H3,(H,21,23). The van der Waals surface area contributed by atoms with Crippen molar-refractivity contribution in [3.05, 3.63) is 64.7 Å². The minimum atomic E-state index is -0.520. The molecule has 2 aromatic rings. The zero-order valence-electron chi connectivity index (χ0n) is 14.3. The summed E-state index contributed by atoms with van der Waals surface area (Å²) in [5, 5.41) is 3.38. The zero-order chi connectivity index (χ0) is 18.2. The van der Waals surface area contributed by atoms with E-state index in [0.29, 0.717) is 23.6 Å². The molecule has 1 amide bonds. The third-order valence-electron chi connectivity index (χ3n) is 3.56. The van der Waals surface area contributed by atoms with E-state index in [4.69, 9.17) is 16.3 Å². The highest BCUT2D eigenvalue weighted by Gasteiger charge is 2.11. The highest BCUT2D eigenvalue weighted by atomic mass is 35.5. The number of benzene rings is 2. The second kappa shape index (κ2) is 9.08. The highest BCUT2D eigenvalue weighted by molar-refractivity contribution is 6.30. The maximum absolute atomic E-state index is 12.0. The first kappa shape index (κ1) is 18.8. The summed E-state index contributed by atoms with van der Waals surface area (Å²) in [5.74, 6) is -0.854. The van der Waals surface area contributed by atoms with Crippen LogP contribution in [-0.4, -0.2) is 39.1 Å². The number of amides is 1. The van der Waals surface area contributed by atoms with Crippen LogP contribution >= 0.6 is 11.6 Å². The van der Waals surface area contributed by atoms with Crippen molar-refractivity contribution in [2.75, 3.05) is 32.1 Å². The van der Waals surface area contributed by atoms with E-state index in [0.717, 1.165) is 11.3 Å². The Morgan fingerprint density at radius 3 is 2.60 bits per heavy atom. The number of hydrogen-bond donors (Lipinski definition) is 1. The first-order chi connectivity index (χ1) is 12.0. The van der Waals surface area contributed by atoms with E-state index in [9.17, 15) is 9.59 Å². The lowest BCUT2D eigenvalue weighted by Crippen LogP contribution is -2.30. The van der Waals surface area contributed by atoms with Crippen molar-refractivity contribution in [1.29, 1.82) is 0 Å². The molecule has 1 N–H and O–H groups in total. The average molecular weight is 361 g/mol. The molecule has 5 nitrogen and oxygen atoms in total. The quantitative estimate of drug-likeness (QED) is 0.771. The Morgan fingerprint density at radius 2 is 1.88 bits per heavy atom. The zero-order valence-corrected chi connectivity index (χ0v) is 15.0. The molecule has 2 rings (SSSR count). The molecule has 132 valence electrons. The number of nitrogens with zero attached hydrogens (tertiary/aromatic N) is 1. The van der Waals surface area contributed by atoms with E-state index in [1.54, 1.807) is 24.3 Å². The number of rotatable bonds is 7. The molecule has 0 aliphatic heterocycles.